The van der Waals surface area contributed by atoms with Crippen molar-refractivity contribution >= 4 is 46.6 Å². The monoisotopic (exact) mass is 416 g/mol. The molecule has 1 heterocycles. The van der Waals surface area contributed by atoms with Crippen LogP contribution in [-0.2, 0) is 6.18 Å². The van der Waals surface area contributed by atoms with Gasteiger partial charge in [-0.2, -0.15) is 13.2 Å². The molecule has 2 amide bonds. The second-order valence-electron chi connectivity index (χ2n) is 5.64. The molecule has 2 aromatic rings. The van der Waals surface area contributed by atoms with E-state index in [1.807, 2.05) is 0 Å². The number of aliphatic imine (C=N–C) groups is 1. The van der Waals surface area contributed by atoms with Gasteiger partial charge in [0, 0.05) is 23.0 Å². The Balaban J connectivity index is 1.73. The van der Waals surface area contributed by atoms with Crippen LogP contribution in [0.25, 0.3) is 0 Å². The molecule has 0 aliphatic carbocycles. The van der Waals surface area contributed by atoms with Crippen LogP contribution in [0, 0.1) is 0 Å². The molecule has 0 spiro atoms. The summed E-state index contributed by atoms with van der Waals surface area (Å²) in [5, 5.41) is 4.86. The summed E-state index contributed by atoms with van der Waals surface area (Å²) >= 11 is 11.9. The summed E-state index contributed by atoms with van der Waals surface area (Å²) < 4.78 is 39.9. The number of benzene rings is 2. The molecule has 142 valence electrons. The summed E-state index contributed by atoms with van der Waals surface area (Å²) in [6.07, 6.45) is -4.54. The summed E-state index contributed by atoms with van der Waals surface area (Å²) in [4.78, 5) is 16.4. The van der Waals surface area contributed by atoms with E-state index in [1.54, 1.807) is 24.3 Å². The number of amidine groups is 1. The molecule has 0 unspecified atom stereocenters. The van der Waals surface area contributed by atoms with E-state index in [0.29, 0.717) is 30.2 Å². The summed E-state index contributed by atoms with van der Waals surface area (Å²) in [6, 6.07) is 8.74. The van der Waals surface area contributed by atoms with Crippen LogP contribution >= 0.6 is 23.4 Å². The Kier molecular flexibility index (Phi) is 5.48. The summed E-state index contributed by atoms with van der Waals surface area (Å²) in [7, 11) is 0. The average Bonchev–Trinajstić information content (AvgIpc) is 3.02. The van der Waals surface area contributed by atoms with Crippen molar-refractivity contribution in [2.24, 2.45) is 4.99 Å². The number of amides is 2. The van der Waals surface area contributed by atoms with Crippen LogP contribution in [0.1, 0.15) is 11.1 Å². The molecule has 3 rings (SSSR count). The van der Waals surface area contributed by atoms with E-state index in [-0.39, 0.29) is 10.7 Å². The fourth-order valence-corrected chi connectivity index (χ4v) is 2.87. The van der Waals surface area contributed by atoms with E-state index < -0.39 is 17.8 Å². The van der Waals surface area contributed by atoms with E-state index in [4.69, 9.17) is 23.4 Å². The Bertz CT molecular complexity index is 902. The first-order valence-corrected chi connectivity index (χ1v) is 8.48. The standard InChI is InChI=1S/C17H13Cl2F3N4O/c18-13-5-4-11(17(20,21)22)9-14(13)25-16(27)24-12-3-1-2-10(8-12)15-23-6-7-26(15)19/h1-5,8-9H,6-7H2,(H2,24,25,27). The molecule has 0 saturated heterocycles. The number of hydrogen-bond donors (Lipinski definition) is 2. The molecule has 0 aromatic heterocycles. The Morgan fingerprint density at radius 3 is 2.59 bits per heavy atom. The number of alkyl halides is 3. The molecule has 0 radical (unpaired) electrons. The van der Waals surface area contributed by atoms with Crippen molar-refractivity contribution in [1.29, 1.82) is 0 Å². The highest BCUT2D eigenvalue weighted by Gasteiger charge is 2.31. The van der Waals surface area contributed by atoms with Crippen molar-refractivity contribution in [3.63, 3.8) is 0 Å². The lowest BCUT2D eigenvalue weighted by Gasteiger charge is -2.14. The van der Waals surface area contributed by atoms with Crippen LogP contribution in [0.2, 0.25) is 5.02 Å². The minimum Gasteiger partial charge on any atom is -0.308 e. The van der Waals surface area contributed by atoms with Gasteiger partial charge < -0.3 is 10.6 Å². The van der Waals surface area contributed by atoms with E-state index >= 15 is 0 Å². The van der Waals surface area contributed by atoms with Gasteiger partial charge in [-0.3, -0.25) is 9.41 Å². The normalized spacial score (nSPS) is 14.1. The largest absolute Gasteiger partial charge is 0.416 e. The first kappa shape index (κ1) is 19.3. The molecule has 10 heteroatoms. The number of nitrogens with zero attached hydrogens (tertiary/aromatic N) is 2. The van der Waals surface area contributed by atoms with Crippen LogP contribution in [-0.4, -0.2) is 29.4 Å². The van der Waals surface area contributed by atoms with Crippen molar-refractivity contribution in [3.8, 4) is 0 Å². The third-order valence-corrected chi connectivity index (χ3v) is 4.37. The van der Waals surface area contributed by atoms with E-state index in [2.05, 4.69) is 15.6 Å². The second-order valence-corrected chi connectivity index (χ2v) is 6.46. The average molecular weight is 417 g/mol. The van der Waals surface area contributed by atoms with Crippen molar-refractivity contribution in [3.05, 3.63) is 58.6 Å². The molecule has 2 N–H and O–H groups in total. The predicted octanol–water partition coefficient (Wildman–Crippen LogP) is 5.22. The zero-order chi connectivity index (χ0) is 19.6. The zero-order valence-corrected chi connectivity index (χ0v) is 15.2. The van der Waals surface area contributed by atoms with Crippen LogP contribution in [0.15, 0.2) is 47.5 Å². The lowest BCUT2D eigenvalue weighted by Crippen LogP contribution is -2.21. The van der Waals surface area contributed by atoms with Gasteiger partial charge in [-0.05, 0) is 30.3 Å². The Morgan fingerprint density at radius 2 is 1.93 bits per heavy atom. The molecule has 0 saturated carbocycles. The number of nitrogens with one attached hydrogen (secondary N) is 2. The topological polar surface area (TPSA) is 56.7 Å². The maximum Gasteiger partial charge on any atom is 0.416 e. The molecule has 5 nitrogen and oxygen atoms in total. The summed E-state index contributed by atoms with van der Waals surface area (Å²) in [5.41, 5.74) is 0.0723. The third-order valence-electron chi connectivity index (χ3n) is 3.71. The lowest BCUT2D eigenvalue weighted by molar-refractivity contribution is -0.137. The van der Waals surface area contributed by atoms with Crippen molar-refractivity contribution < 1.29 is 18.0 Å². The second kappa shape index (κ2) is 7.66. The molecule has 0 fully saturated rings. The van der Waals surface area contributed by atoms with Gasteiger partial charge in [-0.1, -0.05) is 23.7 Å². The number of halogens is 5. The number of urea groups is 1. The third kappa shape index (κ3) is 4.64. The molecule has 1 aliphatic heterocycles. The van der Waals surface area contributed by atoms with Gasteiger partial charge >= 0.3 is 12.2 Å². The molecule has 27 heavy (non-hydrogen) atoms. The molecular weight excluding hydrogens is 404 g/mol. The van der Waals surface area contributed by atoms with Gasteiger partial charge in [0.05, 0.1) is 29.4 Å². The van der Waals surface area contributed by atoms with Gasteiger partial charge in [-0.15, -0.1) is 0 Å². The molecular formula is C17H13Cl2F3N4O. The summed E-state index contributed by atoms with van der Waals surface area (Å²) in [6.45, 7) is 1.16. The number of carbonyl (C=O) groups is 1. The van der Waals surface area contributed by atoms with Crippen LogP contribution in [0.5, 0.6) is 0 Å². The van der Waals surface area contributed by atoms with E-state index in [9.17, 15) is 18.0 Å². The fraction of sp³-hybridized carbons (Fsp3) is 0.176. The molecule has 2 aromatic carbocycles. The summed E-state index contributed by atoms with van der Waals surface area (Å²) in [5.74, 6) is 0.585. The Hall–Kier alpha value is -2.45. The van der Waals surface area contributed by atoms with Crippen LogP contribution in [0.3, 0.4) is 0 Å². The predicted molar refractivity (Wildman–Crippen MR) is 99.5 cm³/mol. The van der Waals surface area contributed by atoms with Crippen LogP contribution in [0.4, 0.5) is 29.3 Å². The molecule has 0 bridgehead atoms. The zero-order valence-electron chi connectivity index (χ0n) is 13.6. The van der Waals surface area contributed by atoms with Gasteiger partial charge in [0.2, 0.25) is 0 Å². The maximum atomic E-state index is 12.8. The smallest absolute Gasteiger partial charge is 0.308 e. The minimum absolute atomic E-state index is 0.00927. The highest BCUT2D eigenvalue weighted by atomic mass is 35.5. The number of carbonyl (C=O) groups excluding carboxylic acids is 1. The van der Waals surface area contributed by atoms with Gasteiger partial charge in [0.1, 0.15) is 5.84 Å². The first-order chi connectivity index (χ1) is 12.7. The minimum atomic E-state index is -4.54. The highest BCUT2D eigenvalue weighted by Crippen LogP contribution is 2.33. The maximum absolute atomic E-state index is 12.8. The van der Waals surface area contributed by atoms with E-state index in [0.717, 1.165) is 18.2 Å². The van der Waals surface area contributed by atoms with E-state index in [1.165, 1.54) is 4.42 Å². The van der Waals surface area contributed by atoms with Crippen LogP contribution < -0.4 is 10.6 Å². The Morgan fingerprint density at radius 1 is 1.15 bits per heavy atom. The Labute approximate surface area is 162 Å². The number of rotatable bonds is 3. The lowest BCUT2D eigenvalue weighted by atomic mass is 10.2. The van der Waals surface area contributed by atoms with Crippen molar-refractivity contribution in [2.45, 2.75) is 6.18 Å². The van der Waals surface area contributed by atoms with Gasteiger partial charge in [0.25, 0.3) is 0 Å². The quantitative estimate of drug-likeness (QED) is 0.673. The number of anilines is 2. The highest BCUT2D eigenvalue weighted by molar-refractivity contribution is 6.33. The first-order valence-electron chi connectivity index (χ1n) is 7.77. The van der Waals surface area contributed by atoms with Crippen molar-refractivity contribution in [1.82, 2.24) is 4.42 Å². The van der Waals surface area contributed by atoms with Gasteiger partial charge in [-0.25, -0.2) is 4.79 Å². The fourth-order valence-electron chi connectivity index (χ4n) is 2.48. The molecule has 1 aliphatic rings. The van der Waals surface area contributed by atoms with Gasteiger partial charge in [0.15, 0.2) is 0 Å². The number of hydrogen-bond acceptors (Lipinski definition) is 3. The SMILES string of the molecule is O=C(Nc1cccc(C2=NCCN2Cl)c1)Nc1cc(C(F)(F)F)ccc1Cl. The molecule has 0 atom stereocenters. The van der Waals surface area contributed by atoms with Crippen molar-refractivity contribution in [2.75, 3.05) is 23.7 Å².